The maximum atomic E-state index is 12.8. The number of ether oxygens (including phenoxy) is 2. The monoisotopic (exact) mass is 432 g/mol. The summed E-state index contributed by atoms with van der Waals surface area (Å²) in [6.45, 7) is -0.212. The van der Waals surface area contributed by atoms with Crippen LogP contribution < -0.4 is 0 Å². The maximum Gasteiger partial charge on any atom is 0.340 e. The summed E-state index contributed by atoms with van der Waals surface area (Å²) in [7, 11) is 1.31. The molecule has 4 rings (SSSR count). The zero-order valence-corrected chi connectivity index (χ0v) is 17.3. The third-order valence-corrected chi connectivity index (χ3v) is 4.95. The average molecular weight is 433 g/mol. The van der Waals surface area contributed by atoms with Crippen molar-refractivity contribution in [3.05, 3.63) is 94.9 Å². The largest absolute Gasteiger partial charge is 0.465 e. The minimum Gasteiger partial charge on any atom is -0.465 e. The van der Waals surface area contributed by atoms with Gasteiger partial charge in [-0.3, -0.25) is 0 Å². The third-order valence-electron chi connectivity index (χ3n) is 4.72. The fourth-order valence-corrected chi connectivity index (χ4v) is 3.42. The lowest BCUT2D eigenvalue weighted by Gasteiger charge is -2.16. The van der Waals surface area contributed by atoms with E-state index in [1.54, 1.807) is 0 Å². The molecule has 31 heavy (non-hydrogen) atoms. The van der Waals surface area contributed by atoms with E-state index in [2.05, 4.69) is 9.97 Å². The molecule has 0 saturated carbocycles. The molecule has 0 radical (unpaired) electrons. The molecule has 2 aromatic carbocycles. The quantitative estimate of drug-likeness (QED) is 0.322. The molecule has 0 atom stereocenters. The molecule has 0 saturated heterocycles. The molecule has 154 valence electrons. The first-order valence-electron chi connectivity index (χ1n) is 9.42. The molecule has 2 aromatic heterocycles. The third kappa shape index (κ3) is 4.25. The minimum atomic E-state index is -0.601. The Balaban J connectivity index is 1.81. The van der Waals surface area contributed by atoms with Crippen LogP contribution in [0.25, 0.3) is 22.0 Å². The van der Waals surface area contributed by atoms with Crippen LogP contribution in [0.1, 0.15) is 26.4 Å². The van der Waals surface area contributed by atoms with Gasteiger partial charge < -0.3 is 9.47 Å². The SMILES string of the molecule is COC(=O)c1c(COC(=O)c2ccc(Cl)nc2)nc2ccccc2c1-c1ccccc1. The lowest BCUT2D eigenvalue weighted by molar-refractivity contribution is 0.0455. The number of benzene rings is 2. The number of esters is 2. The summed E-state index contributed by atoms with van der Waals surface area (Å²) < 4.78 is 10.5. The van der Waals surface area contributed by atoms with Crippen LogP contribution in [0.5, 0.6) is 0 Å². The Bertz CT molecular complexity index is 1260. The van der Waals surface area contributed by atoms with Crippen LogP contribution in [0.15, 0.2) is 72.9 Å². The van der Waals surface area contributed by atoms with Crippen molar-refractivity contribution in [3.63, 3.8) is 0 Å². The molecule has 0 aliphatic rings. The number of para-hydroxylation sites is 1. The Hall–Kier alpha value is -3.77. The predicted molar refractivity (Wildman–Crippen MR) is 117 cm³/mol. The summed E-state index contributed by atoms with van der Waals surface area (Å²) in [5, 5.41) is 1.07. The number of carbonyl (C=O) groups is 2. The number of pyridine rings is 2. The second-order valence-corrected chi connectivity index (χ2v) is 7.02. The summed E-state index contributed by atoms with van der Waals surface area (Å²) in [5.74, 6) is -1.16. The highest BCUT2D eigenvalue weighted by Crippen LogP contribution is 2.34. The number of hydrogen-bond acceptors (Lipinski definition) is 6. The van der Waals surface area contributed by atoms with Crippen LogP contribution in [0, 0.1) is 0 Å². The van der Waals surface area contributed by atoms with E-state index in [9.17, 15) is 9.59 Å². The number of halogens is 1. The van der Waals surface area contributed by atoms with Gasteiger partial charge in [-0.2, -0.15) is 0 Å². The van der Waals surface area contributed by atoms with Crippen molar-refractivity contribution in [1.29, 1.82) is 0 Å². The smallest absolute Gasteiger partial charge is 0.340 e. The summed E-state index contributed by atoms with van der Waals surface area (Å²) in [4.78, 5) is 33.7. The maximum absolute atomic E-state index is 12.8. The molecule has 0 spiro atoms. The Morgan fingerprint density at radius 1 is 0.935 bits per heavy atom. The molecule has 7 heteroatoms. The summed E-state index contributed by atoms with van der Waals surface area (Å²) in [6, 6.07) is 20.0. The van der Waals surface area contributed by atoms with Crippen molar-refractivity contribution >= 4 is 34.4 Å². The van der Waals surface area contributed by atoms with E-state index in [1.807, 2.05) is 54.6 Å². The van der Waals surface area contributed by atoms with Crippen molar-refractivity contribution in [2.75, 3.05) is 7.11 Å². The van der Waals surface area contributed by atoms with E-state index in [1.165, 1.54) is 25.4 Å². The standard InChI is InChI=1S/C24H17ClN2O4/c1-30-24(29)22-19(14-31-23(28)16-11-12-20(25)26-13-16)27-18-10-6-5-9-17(18)21(22)15-7-3-2-4-8-15/h2-13H,14H2,1H3. The van der Waals surface area contributed by atoms with Crippen molar-refractivity contribution in [1.82, 2.24) is 9.97 Å². The van der Waals surface area contributed by atoms with Gasteiger partial charge >= 0.3 is 11.9 Å². The van der Waals surface area contributed by atoms with Crippen LogP contribution in [0.2, 0.25) is 5.15 Å². The fraction of sp³-hybridized carbons (Fsp3) is 0.0833. The molecule has 0 fully saturated rings. The van der Waals surface area contributed by atoms with Gasteiger partial charge in [0.2, 0.25) is 0 Å². The second kappa shape index (κ2) is 8.93. The first-order chi connectivity index (χ1) is 15.1. The molecule has 0 unspecified atom stereocenters. The van der Waals surface area contributed by atoms with Crippen LogP contribution in [0.3, 0.4) is 0 Å². The van der Waals surface area contributed by atoms with Crippen LogP contribution >= 0.6 is 11.6 Å². The van der Waals surface area contributed by atoms with Crippen molar-refractivity contribution in [2.45, 2.75) is 6.61 Å². The minimum absolute atomic E-state index is 0.212. The van der Waals surface area contributed by atoms with E-state index in [4.69, 9.17) is 21.1 Å². The van der Waals surface area contributed by atoms with Gasteiger partial charge in [-0.15, -0.1) is 0 Å². The Labute approximate surface area is 183 Å². The van der Waals surface area contributed by atoms with Gasteiger partial charge in [0.05, 0.1) is 29.4 Å². The topological polar surface area (TPSA) is 78.4 Å². The van der Waals surface area contributed by atoms with Gasteiger partial charge in [0.1, 0.15) is 11.8 Å². The zero-order chi connectivity index (χ0) is 21.8. The molecular weight excluding hydrogens is 416 g/mol. The molecule has 6 nitrogen and oxygen atoms in total. The number of rotatable bonds is 5. The van der Waals surface area contributed by atoms with Gasteiger partial charge in [0.15, 0.2) is 0 Å². The van der Waals surface area contributed by atoms with Gasteiger partial charge in [0, 0.05) is 17.1 Å². The Kier molecular flexibility index (Phi) is 5.91. The molecule has 4 aromatic rings. The van der Waals surface area contributed by atoms with E-state index >= 15 is 0 Å². The normalized spacial score (nSPS) is 10.6. The lowest BCUT2D eigenvalue weighted by Crippen LogP contribution is -2.14. The Morgan fingerprint density at radius 3 is 2.39 bits per heavy atom. The number of methoxy groups -OCH3 is 1. The van der Waals surface area contributed by atoms with E-state index in [-0.39, 0.29) is 22.9 Å². The highest BCUT2D eigenvalue weighted by atomic mass is 35.5. The molecule has 0 amide bonds. The van der Waals surface area contributed by atoms with Gasteiger partial charge in [-0.25, -0.2) is 19.6 Å². The summed E-state index contributed by atoms with van der Waals surface area (Å²) in [5.41, 5.74) is 2.99. The van der Waals surface area contributed by atoms with Gasteiger partial charge in [-0.1, -0.05) is 60.1 Å². The number of carbonyl (C=O) groups excluding carboxylic acids is 2. The zero-order valence-electron chi connectivity index (χ0n) is 16.5. The number of aromatic nitrogens is 2. The van der Waals surface area contributed by atoms with Crippen LogP contribution in [0.4, 0.5) is 0 Å². The number of nitrogens with zero attached hydrogens (tertiary/aromatic N) is 2. The van der Waals surface area contributed by atoms with Crippen LogP contribution in [-0.4, -0.2) is 29.0 Å². The fourth-order valence-electron chi connectivity index (χ4n) is 3.31. The second-order valence-electron chi connectivity index (χ2n) is 6.63. The molecular formula is C24H17ClN2O4. The van der Waals surface area contributed by atoms with E-state index in [0.717, 1.165) is 10.9 Å². The van der Waals surface area contributed by atoms with Gasteiger partial charge in [-0.05, 0) is 23.8 Å². The lowest BCUT2D eigenvalue weighted by atomic mass is 9.94. The van der Waals surface area contributed by atoms with Crippen molar-refractivity contribution in [3.8, 4) is 11.1 Å². The molecule has 0 aliphatic heterocycles. The Morgan fingerprint density at radius 2 is 1.68 bits per heavy atom. The highest BCUT2D eigenvalue weighted by Gasteiger charge is 2.24. The summed E-state index contributed by atoms with van der Waals surface area (Å²) in [6.07, 6.45) is 1.33. The van der Waals surface area contributed by atoms with E-state index in [0.29, 0.717) is 16.8 Å². The predicted octanol–water partition coefficient (Wildman–Crippen LogP) is 5.09. The average Bonchev–Trinajstić information content (AvgIpc) is 2.82. The number of fused-ring (bicyclic) bond motifs is 1. The van der Waals surface area contributed by atoms with Gasteiger partial charge in [0.25, 0.3) is 0 Å². The molecule has 2 heterocycles. The molecule has 0 aliphatic carbocycles. The molecule has 0 bridgehead atoms. The van der Waals surface area contributed by atoms with Crippen molar-refractivity contribution < 1.29 is 19.1 Å². The van der Waals surface area contributed by atoms with Crippen molar-refractivity contribution in [2.24, 2.45) is 0 Å². The first-order valence-corrected chi connectivity index (χ1v) is 9.80. The van der Waals surface area contributed by atoms with E-state index < -0.39 is 11.9 Å². The first kappa shape index (κ1) is 20.5. The summed E-state index contributed by atoms with van der Waals surface area (Å²) >= 11 is 5.77. The molecule has 0 N–H and O–H groups in total. The highest BCUT2D eigenvalue weighted by molar-refractivity contribution is 6.29. The number of hydrogen-bond donors (Lipinski definition) is 0. The van der Waals surface area contributed by atoms with Crippen LogP contribution in [-0.2, 0) is 16.1 Å².